The molecule has 5 heteroatoms. The minimum atomic E-state index is -0.727. The quantitative estimate of drug-likeness (QED) is 0.437. The molecule has 1 aromatic heterocycles. The lowest BCUT2D eigenvalue weighted by Gasteiger charge is -2.28. The second kappa shape index (κ2) is 7.94. The number of halogens is 2. The highest BCUT2D eigenvalue weighted by atomic mass is 127. The van der Waals surface area contributed by atoms with Gasteiger partial charge in [0.15, 0.2) is 5.75 Å². The van der Waals surface area contributed by atoms with E-state index in [2.05, 4.69) is 50.2 Å². The van der Waals surface area contributed by atoms with Crippen molar-refractivity contribution >= 4 is 51.3 Å². The van der Waals surface area contributed by atoms with Crippen LogP contribution in [0.3, 0.4) is 0 Å². The number of benzene rings is 1. The number of aliphatic hydroxyl groups is 1. The second-order valence-corrected chi connectivity index (χ2v) is 8.58. The summed E-state index contributed by atoms with van der Waals surface area (Å²) in [5, 5.41) is 10.7. The minimum Gasteiger partial charge on any atom is -0.457 e. The van der Waals surface area contributed by atoms with E-state index in [1.807, 2.05) is 57.2 Å². The summed E-state index contributed by atoms with van der Waals surface area (Å²) in [6.45, 7) is 5.96. The maximum Gasteiger partial charge on any atom is 0.153 e. The number of pyridine rings is 1. The van der Waals surface area contributed by atoms with Crippen LogP contribution in [0.25, 0.3) is 6.08 Å². The molecule has 1 heterocycles. The van der Waals surface area contributed by atoms with Crippen molar-refractivity contribution in [2.75, 3.05) is 0 Å². The van der Waals surface area contributed by atoms with Gasteiger partial charge in [-0.05, 0) is 80.4 Å². The smallest absolute Gasteiger partial charge is 0.153 e. The number of ether oxygens (including phenoxy) is 1. The van der Waals surface area contributed by atoms with Gasteiger partial charge in [0.25, 0.3) is 0 Å². The van der Waals surface area contributed by atoms with Crippen LogP contribution in [0.1, 0.15) is 26.3 Å². The topological polar surface area (TPSA) is 42.4 Å². The molecule has 0 fully saturated rings. The van der Waals surface area contributed by atoms with Crippen molar-refractivity contribution in [1.29, 1.82) is 0 Å². The lowest BCUT2D eigenvalue weighted by Crippen LogP contribution is -2.30. The fourth-order valence-corrected chi connectivity index (χ4v) is 3.65. The summed E-state index contributed by atoms with van der Waals surface area (Å²) in [4.78, 5) is 4.12. The molecule has 0 aliphatic carbocycles. The largest absolute Gasteiger partial charge is 0.457 e. The van der Waals surface area contributed by atoms with Gasteiger partial charge in [-0.2, -0.15) is 0 Å². The van der Waals surface area contributed by atoms with E-state index in [1.165, 1.54) is 0 Å². The average Bonchev–Trinajstić information content (AvgIpc) is 2.49. The van der Waals surface area contributed by atoms with Gasteiger partial charge in [0, 0.05) is 12.4 Å². The summed E-state index contributed by atoms with van der Waals surface area (Å²) >= 11 is 4.49. The second-order valence-electron chi connectivity index (χ2n) is 6.25. The Morgan fingerprint density at radius 2 is 1.83 bits per heavy atom. The number of hydrogen-bond donors (Lipinski definition) is 1. The normalized spacial score (nSPS) is 13.7. The standard InChI is InChI=1S/C18H19I2NO2/c1-18(2,3)17(22)15(10-12-6-5-9-21-11-12)23-16-13(19)7-4-8-14(16)20/h4-11,17,22H,1-3H3/b15-10+. The van der Waals surface area contributed by atoms with Crippen molar-refractivity contribution in [1.82, 2.24) is 4.98 Å². The Kier molecular flexibility index (Phi) is 6.44. The Morgan fingerprint density at radius 1 is 1.17 bits per heavy atom. The van der Waals surface area contributed by atoms with Gasteiger partial charge in [-0.3, -0.25) is 4.98 Å². The molecule has 0 saturated carbocycles. The van der Waals surface area contributed by atoms with Gasteiger partial charge in [-0.1, -0.05) is 32.9 Å². The first-order chi connectivity index (χ1) is 10.8. The Bertz CT molecular complexity index is 674. The van der Waals surface area contributed by atoms with E-state index in [-0.39, 0.29) is 5.41 Å². The van der Waals surface area contributed by atoms with Gasteiger partial charge in [-0.25, -0.2) is 0 Å². The van der Waals surface area contributed by atoms with Crippen molar-refractivity contribution in [3.8, 4) is 5.75 Å². The lowest BCUT2D eigenvalue weighted by atomic mass is 9.87. The van der Waals surface area contributed by atoms with Crippen LogP contribution in [-0.4, -0.2) is 16.2 Å². The minimum absolute atomic E-state index is 0.334. The van der Waals surface area contributed by atoms with Crippen molar-refractivity contribution < 1.29 is 9.84 Å². The third-order valence-electron chi connectivity index (χ3n) is 3.22. The molecule has 1 atom stereocenters. The van der Waals surface area contributed by atoms with Gasteiger partial charge in [0.05, 0.1) is 7.14 Å². The predicted octanol–water partition coefficient (Wildman–Crippen LogP) is 5.12. The van der Waals surface area contributed by atoms with Gasteiger partial charge in [0.1, 0.15) is 11.9 Å². The van der Waals surface area contributed by atoms with Crippen molar-refractivity contribution in [2.24, 2.45) is 5.41 Å². The van der Waals surface area contributed by atoms with Crippen LogP contribution in [0.2, 0.25) is 0 Å². The van der Waals surface area contributed by atoms with Crippen LogP contribution in [0.5, 0.6) is 5.75 Å². The predicted molar refractivity (Wildman–Crippen MR) is 110 cm³/mol. The summed E-state index contributed by atoms with van der Waals surface area (Å²) in [6.07, 6.45) is 4.59. The molecule has 1 aromatic carbocycles. The first-order valence-electron chi connectivity index (χ1n) is 7.20. The number of para-hydroxylation sites is 1. The Hall–Kier alpha value is -0.670. The van der Waals surface area contributed by atoms with Crippen LogP contribution < -0.4 is 4.74 Å². The van der Waals surface area contributed by atoms with E-state index < -0.39 is 6.10 Å². The Morgan fingerprint density at radius 3 is 2.35 bits per heavy atom. The molecule has 0 saturated heterocycles. The maximum absolute atomic E-state index is 10.7. The van der Waals surface area contributed by atoms with Crippen LogP contribution in [-0.2, 0) is 0 Å². The highest BCUT2D eigenvalue weighted by Crippen LogP contribution is 2.33. The third kappa shape index (κ3) is 5.15. The number of hydrogen-bond acceptors (Lipinski definition) is 3. The monoisotopic (exact) mass is 535 g/mol. The summed E-state index contributed by atoms with van der Waals surface area (Å²) in [6, 6.07) is 9.77. The van der Waals surface area contributed by atoms with E-state index in [4.69, 9.17) is 4.74 Å². The molecule has 0 radical (unpaired) electrons. The summed E-state index contributed by atoms with van der Waals surface area (Å²) in [5.41, 5.74) is 0.562. The SMILES string of the molecule is CC(C)(C)C(O)/C(=C\c1cccnc1)Oc1c(I)cccc1I. The maximum atomic E-state index is 10.7. The van der Waals surface area contributed by atoms with Gasteiger partial charge in [0.2, 0.25) is 0 Å². The zero-order valence-corrected chi connectivity index (χ0v) is 17.6. The van der Waals surface area contributed by atoms with E-state index >= 15 is 0 Å². The summed E-state index contributed by atoms with van der Waals surface area (Å²) < 4.78 is 8.15. The molecule has 3 nitrogen and oxygen atoms in total. The van der Waals surface area contributed by atoms with E-state index in [0.29, 0.717) is 5.76 Å². The highest BCUT2D eigenvalue weighted by Gasteiger charge is 2.28. The van der Waals surface area contributed by atoms with Gasteiger partial charge >= 0.3 is 0 Å². The van der Waals surface area contributed by atoms with Crippen LogP contribution >= 0.6 is 45.2 Å². The molecule has 1 N–H and O–H groups in total. The molecule has 0 aliphatic rings. The van der Waals surface area contributed by atoms with E-state index in [0.717, 1.165) is 18.5 Å². The molecule has 2 aromatic rings. The van der Waals surface area contributed by atoms with E-state index in [9.17, 15) is 5.11 Å². The highest BCUT2D eigenvalue weighted by molar-refractivity contribution is 14.1. The number of aliphatic hydroxyl groups excluding tert-OH is 1. The number of rotatable bonds is 4. The molecule has 0 amide bonds. The molecule has 0 aliphatic heterocycles. The van der Waals surface area contributed by atoms with Crippen molar-refractivity contribution in [2.45, 2.75) is 26.9 Å². The van der Waals surface area contributed by atoms with Crippen molar-refractivity contribution in [3.05, 3.63) is 61.2 Å². The Balaban J connectivity index is 2.44. The molecule has 1 unspecified atom stereocenters. The van der Waals surface area contributed by atoms with E-state index in [1.54, 1.807) is 12.4 Å². The fraction of sp³-hybridized carbons (Fsp3) is 0.278. The number of aromatic nitrogens is 1. The zero-order valence-electron chi connectivity index (χ0n) is 13.3. The molecule has 122 valence electrons. The first-order valence-corrected chi connectivity index (χ1v) is 9.36. The average molecular weight is 535 g/mol. The molecule has 0 spiro atoms. The molecule has 2 rings (SSSR count). The molecular weight excluding hydrogens is 516 g/mol. The zero-order chi connectivity index (χ0) is 17.0. The van der Waals surface area contributed by atoms with Crippen LogP contribution in [0, 0.1) is 12.6 Å². The molecule has 23 heavy (non-hydrogen) atoms. The lowest BCUT2D eigenvalue weighted by molar-refractivity contribution is 0.0638. The fourth-order valence-electron chi connectivity index (χ4n) is 1.91. The Labute approximate surface area is 164 Å². The van der Waals surface area contributed by atoms with Gasteiger partial charge in [-0.15, -0.1) is 0 Å². The number of nitrogens with zero attached hydrogens (tertiary/aromatic N) is 1. The summed E-state index contributed by atoms with van der Waals surface area (Å²) in [5.74, 6) is 1.29. The van der Waals surface area contributed by atoms with Crippen molar-refractivity contribution in [3.63, 3.8) is 0 Å². The van der Waals surface area contributed by atoms with Crippen LogP contribution in [0.15, 0.2) is 48.5 Å². The van der Waals surface area contributed by atoms with Gasteiger partial charge < -0.3 is 9.84 Å². The molecule has 0 bridgehead atoms. The molecular formula is C18H19I2NO2. The summed E-state index contributed by atoms with van der Waals surface area (Å²) in [7, 11) is 0. The third-order valence-corrected chi connectivity index (χ3v) is 4.92. The van der Waals surface area contributed by atoms with Crippen LogP contribution in [0.4, 0.5) is 0 Å². The first kappa shape index (κ1) is 18.7.